The summed E-state index contributed by atoms with van der Waals surface area (Å²) in [5, 5.41) is 0.661. The van der Waals surface area contributed by atoms with Gasteiger partial charge in [0.2, 0.25) is 5.95 Å². The first-order chi connectivity index (χ1) is 8.74. The zero-order chi connectivity index (χ0) is 12.5. The molecule has 1 aromatic carbocycles. The number of nitrogens with zero attached hydrogens (tertiary/aromatic N) is 3. The average molecular weight is 259 g/mol. The zero-order valence-electron chi connectivity index (χ0n) is 9.55. The van der Waals surface area contributed by atoms with Gasteiger partial charge in [0.25, 0.3) is 0 Å². The molecule has 0 aliphatic heterocycles. The molecule has 2 heterocycles. The number of pyridine rings is 1. The van der Waals surface area contributed by atoms with E-state index in [0.29, 0.717) is 17.5 Å². The van der Waals surface area contributed by atoms with Gasteiger partial charge >= 0.3 is 0 Å². The van der Waals surface area contributed by atoms with E-state index < -0.39 is 0 Å². The summed E-state index contributed by atoms with van der Waals surface area (Å²) in [7, 11) is 0. The minimum absolute atomic E-state index is 0.483. The van der Waals surface area contributed by atoms with Crippen molar-refractivity contribution in [3.8, 4) is 0 Å². The van der Waals surface area contributed by atoms with Gasteiger partial charge in [-0.25, -0.2) is 4.98 Å². The van der Waals surface area contributed by atoms with Gasteiger partial charge in [-0.2, -0.15) is 0 Å². The van der Waals surface area contributed by atoms with Crippen molar-refractivity contribution >= 4 is 28.6 Å². The van der Waals surface area contributed by atoms with E-state index in [0.717, 1.165) is 16.6 Å². The first kappa shape index (κ1) is 11.0. The predicted octanol–water partition coefficient (Wildman–Crippen LogP) is 2.72. The lowest BCUT2D eigenvalue weighted by atomic mass is 10.2. The molecule has 90 valence electrons. The summed E-state index contributed by atoms with van der Waals surface area (Å²) in [6.45, 7) is 0.651. The highest BCUT2D eigenvalue weighted by Crippen LogP contribution is 2.22. The molecule has 0 amide bonds. The molecular weight excluding hydrogens is 248 g/mol. The Kier molecular flexibility index (Phi) is 2.64. The fourth-order valence-corrected chi connectivity index (χ4v) is 2.13. The van der Waals surface area contributed by atoms with E-state index in [1.54, 1.807) is 6.20 Å². The smallest absolute Gasteiger partial charge is 0.201 e. The summed E-state index contributed by atoms with van der Waals surface area (Å²) in [6.07, 6.45) is 3.57. The van der Waals surface area contributed by atoms with E-state index in [1.165, 1.54) is 0 Å². The van der Waals surface area contributed by atoms with Crippen molar-refractivity contribution < 1.29 is 0 Å². The number of anilines is 1. The summed E-state index contributed by atoms with van der Waals surface area (Å²) in [6, 6.07) is 9.49. The van der Waals surface area contributed by atoms with E-state index in [2.05, 4.69) is 9.97 Å². The van der Waals surface area contributed by atoms with Crippen molar-refractivity contribution in [2.75, 3.05) is 5.73 Å². The highest BCUT2D eigenvalue weighted by atomic mass is 35.5. The molecule has 0 saturated heterocycles. The summed E-state index contributed by atoms with van der Waals surface area (Å²) in [4.78, 5) is 8.40. The maximum atomic E-state index is 5.94. The zero-order valence-corrected chi connectivity index (χ0v) is 10.3. The molecule has 0 aliphatic rings. The van der Waals surface area contributed by atoms with Crippen LogP contribution in [0, 0.1) is 0 Å². The molecule has 3 aromatic rings. The maximum Gasteiger partial charge on any atom is 0.201 e. The van der Waals surface area contributed by atoms with Crippen LogP contribution in [0.2, 0.25) is 5.02 Å². The maximum absolute atomic E-state index is 5.94. The average Bonchev–Trinajstić information content (AvgIpc) is 2.66. The number of hydrogen-bond donors (Lipinski definition) is 1. The van der Waals surface area contributed by atoms with Crippen LogP contribution in [0.15, 0.2) is 42.7 Å². The Balaban J connectivity index is 2.09. The van der Waals surface area contributed by atoms with E-state index in [9.17, 15) is 0 Å². The molecule has 0 unspecified atom stereocenters. The molecule has 2 aromatic heterocycles. The lowest BCUT2D eigenvalue weighted by Crippen LogP contribution is -2.04. The van der Waals surface area contributed by atoms with Crippen LogP contribution in [-0.2, 0) is 6.54 Å². The Morgan fingerprint density at radius 3 is 2.94 bits per heavy atom. The minimum Gasteiger partial charge on any atom is -0.369 e. The molecule has 0 spiro atoms. The molecule has 0 atom stereocenters. The van der Waals surface area contributed by atoms with Crippen LogP contribution in [0.1, 0.15) is 5.56 Å². The van der Waals surface area contributed by atoms with Crippen molar-refractivity contribution in [2.45, 2.75) is 6.54 Å². The molecule has 0 saturated carbocycles. The molecule has 0 fully saturated rings. The Morgan fingerprint density at radius 1 is 1.28 bits per heavy atom. The number of hydrogen-bond acceptors (Lipinski definition) is 3. The molecule has 18 heavy (non-hydrogen) atoms. The predicted molar refractivity (Wildman–Crippen MR) is 72.5 cm³/mol. The molecule has 2 N–H and O–H groups in total. The van der Waals surface area contributed by atoms with Crippen molar-refractivity contribution in [3.63, 3.8) is 0 Å². The second kappa shape index (κ2) is 4.31. The standard InChI is InChI=1S/C13H11ClN4/c14-10-3-4-12-11(6-10)17-13(15)18(12)8-9-2-1-5-16-7-9/h1-7H,8H2,(H2,15,17). The molecule has 4 nitrogen and oxygen atoms in total. The van der Waals surface area contributed by atoms with Crippen LogP contribution in [0.25, 0.3) is 11.0 Å². The highest BCUT2D eigenvalue weighted by Gasteiger charge is 2.08. The van der Waals surface area contributed by atoms with Gasteiger partial charge in [0.1, 0.15) is 0 Å². The lowest BCUT2D eigenvalue weighted by molar-refractivity contribution is 0.833. The lowest BCUT2D eigenvalue weighted by Gasteiger charge is -2.05. The number of nitrogens with two attached hydrogens (primary N) is 1. The van der Waals surface area contributed by atoms with Gasteiger partial charge in [-0.3, -0.25) is 4.98 Å². The van der Waals surface area contributed by atoms with Gasteiger partial charge in [-0.1, -0.05) is 17.7 Å². The van der Waals surface area contributed by atoms with Crippen molar-refractivity contribution in [3.05, 3.63) is 53.3 Å². The van der Waals surface area contributed by atoms with E-state index >= 15 is 0 Å². The summed E-state index contributed by atoms with van der Waals surface area (Å²) >= 11 is 5.94. The Morgan fingerprint density at radius 2 is 2.17 bits per heavy atom. The third-order valence-corrected chi connectivity index (χ3v) is 3.04. The van der Waals surface area contributed by atoms with Gasteiger partial charge in [0, 0.05) is 17.4 Å². The first-order valence-electron chi connectivity index (χ1n) is 5.54. The third kappa shape index (κ3) is 1.91. The minimum atomic E-state index is 0.483. The number of aromatic nitrogens is 3. The molecular formula is C13H11ClN4. The monoisotopic (exact) mass is 258 g/mol. The quantitative estimate of drug-likeness (QED) is 0.769. The number of fused-ring (bicyclic) bond motifs is 1. The summed E-state index contributed by atoms with van der Waals surface area (Å²) in [5.41, 5.74) is 8.80. The summed E-state index contributed by atoms with van der Waals surface area (Å²) in [5.74, 6) is 0.483. The van der Waals surface area contributed by atoms with Crippen LogP contribution in [0.5, 0.6) is 0 Å². The Labute approximate surface area is 109 Å². The van der Waals surface area contributed by atoms with Crippen molar-refractivity contribution in [1.82, 2.24) is 14.5 Å². The molecule has 3 rings (SSSR count). The Hall–Kier alpha value is -2.07. The van der Waals surface area contributed by atoms with E-state index in [1.807, 2.05) is 41.1 Å². The van der Waals surface area contributed by atoms with E-state index in [4.69, 9.17) is 17.3 Å². The van der Waals surface area contributed by atoms with E-state index in [-0.39, 0.29) is 0 Å². The van der Waals surface area contributed by atoms with Crippen LogP contribution in [-0.4, -0.2) is 14.5 Å². The number of nitrogen functional groups attached to an aromatic ring is 1. The van der Waals surface area contributed by atoms with Gasteiger partial charge in [0.15, 0.2) is 0 Å². The third-order valence-electron chi connectivity index (χ3n) is 2.80. The second-order valence-corrected chi connectivity index (χ2v) is 4.49. The van der Waals surface area contributed by atoms with Gasteiger partial charge in [-0.05, 0) is 29.8 Å². The SMILES string of the molecule is Nc1nc2cc(Cl)ccc2n1Cc1cccnc1. The van der Waals surface area contributed by atoms with Crippen molar-refractivity contribution in [2.24, 2.45) is 0 Å². The molecule has 5 heteroatoms. The number of rotatable bonds is 2. The largest absolute Gasteiger partial charge is 0.369 e. The molecule has 0 bridgehead atoms. The normalized spacial score (nSPS) is 10.9. The number of benzene rings is 1. The van der Waals surface area contributed by atoms with Crippen LogP contribution >= 0.6 is 11.6 Å². The fraction of sp³-hybridized carbons (Fsp3) is 0.0769. The second-order valence-electron chi connectivity index (χ2n) is 4.05. The topological polar surface area (TPSA) is 56.7 Å². The highest BCUT2D eigenvalue weighted by molar-refractivity contribution is 6.31. The fourth-order valence-electron chi connectivity index (χ4n) is 1.96. The van der Waals surface area contributed by atoms with Gasteiger partial charge in [0.05, 0.1) is 17.6 Å². The number of imidazole rings is 1. The first-order valence-corrected chi connectivity index (χ1v) is 5.92. The Bertz CT molecular complexity index is 691. The van der Waals surface area contributed by atoms with Crippen LogP contribution in [0.4, 0.5) is 5.95 Å². The van der Waals surface area contributed by atoms with Gasteiger partial charge < -0.3 is 10.3 Å². The van der Waals surface area contributed by atoms with Crippen molar-refractivity contribution in [1.29, 1.82) is 0 Å². The summed E-state index contributed by atoms with van der Waals surface area (Å²) < 4.78 is 1.95. The van der Waals surface area contributed by atoms with Gasteiger partial charge in [-0.15, -0.1) is 0 Å². The van der Waals surface area contributed by atoms with Crippen LogP contribution < -0.4 is 5.73 Å². The molecule has 0 aliphatic carbocycles. The number of halogens is 1. The van der Waals surface area contributed by atoms with Crippen LogP contribution in [0.3, 0.4) is 0 Å². The molecule has 0 radical (unpaired) electrons.